The van der Waals surface area contributed by atoms with E-state index in [-0.39, 0.29) is 12.4 Å². The molecule has 2 rings (SSSR count). The molecule has 2 aromatic rings. The second kappa shape index (κ2) is 12.1. The quantitative estimate of drug-likeness (QED) is 0.230. The maximum atomic E-state index is 11.5. The molecule has 1 N–H and O–H groups in total. The summed E-state index contributed by atoms with van der Waals surface area (Å²) in [6, 6.07) is 1.86. The van der Waals surface area contributed by atoms with Gasteiger partial charge in [0, 0.05) is 15.4 Å². The average molecular weight is 549 g/mol. The Bertz CT molecular complexity index is 858. The van der Waals surface area contributed by atoms with E-state index in [2.05, 4.69) is 47.4 Å². The Balaban J connectivity index is 2.12. The van der Waals surface area contributed by atoms with Gasteiger partial charge < -0.3 is 14.2 Å². The number of esters is 1. The minimum absolute atomic E-state index is 0.144. The molecule has 0 aliphatic heterocycles. The van der Waals surface area contributed by atoms with Crippen LogP contribution in [0.25, 0.3) is 0 Å². The number of benzene rings is 1. The molecular formula is C19H23Br2N3O4S. The van der Waals surface area contributed by atoms with Gasteiger partial charge in [-0.25, -0.2) is 4.98 Å². The third kappa shape index (κ3) is 6.97. The second-order valence-electron chi connectivity index (χ2n) is 5.70. The van der Waals surface area contributed by atoms with Crippen LogP contribution in [0.3, 0.4) is 0 Å². The summed E-state index contributed by atoms with van der Waals surface area (Å²) in [5.74, 6) is 1.01. The Hall–Kier alpha value is -1.65. The van der Waals surface area contributed by atoms with E-state index in [1.54, 1.807) is 18.5 Å². The molecule has 10 heteroatoms. The number of carbonyl (C=O) groups is 1. The van der Waals surface area contributed by atoms with Gasteiger partial charge in [0.25, 0.3) is 0 Å². The smallest absolute Gasteiger partial charge is 0.311 e. The zero-order valence-corrected chi connectivity index (χ0v) is 20.4. The number of rotatable bonds is 11. The minimum Gasteiger partial charge on any atom is -0.490 e. The normalized spacial score (nSPS) is 10.9. The Labute approximate surface area is 191 Å². The number of nitrogens with one attached hydrogen (secondary N) is 1. The molecule has 0 bridgehead atoms. The second-order valence-corrected chi connectivity index (χ2v) is 8.14. The highest BCUT2D eigenvalue weighted by Gasteiger charge is 2.17. The molecular weight excluding hydrogens is 526 g/mol. The van der Waals surface area contributed by atoms with Crippen molar-refractivity contribution in [2.24, 2.45) is 5.10 Å². The number of thiazole rings is 1. The molecule has 1 aromatic heterocycles. The van der Waals surface area contributed by atoms with E-state index >= 15 is 0 Å². The zero-order valence-electron chi connectivity index (χ0n) is 16.5. The van der Waals surface area contributed by atoms with Crippen LogP contribution < -0.4 is 14.9 Å². The average Bonchev–Trinajstić information content (AvgIpc) is 3.13. The predicted molar refractivity (Wildman–Crippen MR) is 122 cm³/mol. The molecule has 0 radical (unpaired) electrons. The van der Waals surface area contributed by atoms with Crippen LogP contribution in [-0.4, -0.2) is 37.0 Å². The Morgan fingerprint density at radius 3 is 2.72 bits per heavy atom. The molecule has 0 unspecified atom stereocenters. The van der Waals surface area contributed by atoms with Gasteiger partial charge in [0.2, 0.25) is 5.13 Å². The van der Waals surface area contributed by atoms with Crippen LogP contribution >= 0.6 is 43.2 Å². The summed E-state index contributed by atoms with van der Waals surface area (Å²) in [5.41, 5.74) is 4.33. The number of hydrogen-bond acceptors (Lipinski definition) is 8. The summed E-state index contributed by atoms with van der Waals surface area (Å²) in [4.78, 5) is 15.9. The Morgan fingerprint density at radius 1 is 1.24 bits per heavy atom. The molecule has 158 valence electrons. The lowest BCUT2D eigenvalue weighted by atomic mass is 10.2. The first-order valence-corrected chi connectivity index (χ1v) is 11.6. The van der Waals surface area contributed by atoms with Gasteiger partial charge in [-0.3, -0.25) is 10.2 Å². The van der Waals surface area contributed by atoms with Crippen LogP contribution in [-0.2, 0) is 16.0 Å². The van der Waals surface area contributed by atoms with E-state index in [1.807, 2.05) is 19.9 Å². The highest BCUT2D eigenvalue weighted by Crippen LogP contribution is 2.42. The molecule has 0 amide bonds. The molecule has 0 saturated carbocycles. The fourth-order valence-corrected chi connectivity index (χ4v) is 3.85. The number of halogens is 2. The van der Waals surface area contributed by atoms with Crippen molar-refractivity contribution in [1.29, 1.82) is 0 Å². The number of hydrazone groups is 1. The van der Waals surface area contributed by atoms with Crippen molar-refractivity contribution >= 4 is 60.5 Å². The molecule has 0 atom stereocenters. The molecule has 0 aliphatic rings. The van der Waals surface area contributed by atoms with E-state index in [9.17, 15) is 4.79 Å². The van der Waals surface area contributed by atoms with Gasteiger partial charge in [-0.1, -0.05) is 6.92 Å². The van der Waals surface area contributed by atoms with Gasteiger partial charge in [0.1, 0.15) is 0 Å². The van der Waals surface area contributed by atoms with E-state index in [0.717, 1.165) is 20.9 Å². The summed E-state index contributed by atoms with van der Waals surface area (Å²) in [6.07, 6.45) is 2.70. The third-order valence-corrected chi connectivity index (χ3v) is 6.39. The molecule has 0 saturated heterocycles. The lowest BCUT2D eigenvalue weighted by molar-refractivity contribution is -0.142. The molecule has 7 nitrogen and oxygen atoms in total. The van der Waals surface area contributed by atoms with Crippen molar-refractivity contribution in [3.63, 3.8) is 0 Å². The van der Waals surface area contributed by atoms with Gasteiger partial charge in [-0.15, -0.1) is 11.3 Å². The monoisotopic (exact) mass is 547 g/mol. The van der Waals surface area contributed by atoms with Crippen molar-refractivity contribution in [1.82, 2.24) is 4.98 Å². The van der Waals surface area contributed by atoms with E-state index in [1.165, 1.54) is 11.3 Å². The van der Waals surface area contributed by atoms with Crippen molar-refractivity contribution in [3.8, 4) is 11.5 Å². The van der Waals surface area contributed by atoms with E-state index < -0.39 is 0 Å². The van der Waals surface area contributed by atoms with Crippen LogP contribution in [0.15, 0.2) is 25.5 Å². The van der Waals surface area contributed by atoms with Gasteiger partial charge in [0.05, 0.1) is 42.6 Å². The number of anilines is 1. The first-order chi connectivity index (χ1) is 14.0. The number of aromatic nitrogens is 1. The number of carbonyl (C=O) groups excluding carboxylic acids is 1. The third-order valence-electron chi connectivity index (χ3n) is 3.45. The highest BCUT2D eigenvalue weighted by atomic mass is 79.9. The number of hydrogen-bond donors (Lipinski definition) is 1. The van der Waals surface area contributed by atoms with Crippen molar-refractivity contribution in [3.05, 3.63) is 31.6 Å². The molecule has 1 aromatic carbocycles. The summed E-state index contributed by atoms with van der Waals surface area (Å²) in [6.45, 7) is 7.22. The van der Waals surface area contributed by atoms with Crippen LogP contribution in [0.4, 0.5) is 5.13 Å². The Kier molecular flexibility index (Phi) is 9.89. The molecule has 0 spiro atoms. The summed E-state index contributed by atoms with van der Waals surface area (Å²) in [7, 11) is 0. The molecule has 29 heavy (non-hydrogen) atoms. The first-order valence-electron chi connectivity index (χ1n) is 9.16. The lowest BCUT2D eigenvalue weighted by Crippen LogP contribution is -2.07. The van der Waals surface area contributed by atoms with Gasteiger partial charge >= 0.3 is 5.97 Å². The first kappa shape index (κ1) is 23.6. The van der Waals surface area contributed by atoms with Crippen molar-refractivity contribution in [2.75, 3.05) is 25.2 Å². The van der Waals surface area contributed by atoms with E-state index in [4.69, 9.17) is 14.2 Å². The summed E-state index contributed by atoms with van der Waals surface area (Å²) < 4.78 is 18.0. The number of ether oxygens (including phenoxy) is 3. The van der Waals surface area contributed by atoms with Crippen LogP contribution in [0.5, 0.6) is 11.5 Å². The fourth-order valence-electron chi connectivity index (χ4n) is 2.26. The summed E-state index contributed by atoms with van der Waals surface area (Å²) >= 11 is 8.51. The molecule has 0 fully saturated rings. The highest BCUT2D eigenvalue weighted by molar-refractivity contribution is 9.13. The zero-order chi connectivity index (χ0) is 21.2. The standard InChI is InChI=1S/C19H23Br2N3O4S/c1-4-7-28-18-14(26-5-2)8-12(16(20)17(18)21)10-22-24-19-23-13(11-29-19)9-15(25)27-6-3/h8,10-11H,4-7,9H2,1-3H3,(H,23,24). The van der Waals surface area contributed by atoms with Crippen molar-refractivity contribution in [2.45, 2.75) is 33.6 Å². The predicted octanol–water partition coefficient (Wildman–Crippen LogP) is 5.41. The van der Waals surface area contributed by atoms with E-state index in [0.29, 0.717) is 42.1 Å². The maximum Gasteiger partial charge on any atom is 0.311 e. The molecule has 1 heterocycles. The van der Waals surface area contributed by atoms with Crippen LogP contribution in [0.2, 0.25) is 0 Å². The lowest BCUT2D eigenvalue weighted by Gasteiger charge is -2.15. The summed E-state index contributed by atoms with van der Waals surface area (Å²) in [5, 5.41) is 6.63. The Morgan fingerprint density at radius 2 is 2.03 bits per heavy atom. The van der Waals surface area contributed by atoms with Crippen LogP contribution in [0.1, 0.15) is 38.4 Å². The van der Waals surface area contributed by atoms with Crippen LogP contribution in [0, 0.1) is 0 Å². The largest absolute Gasteiger partial charge is 0.490 e. The van der Waals surface area contributed by atoms with Gasteiger partial charge in [-0.05, 0) is 58.2 Å². The SMILES string of the molecule is CCCOc1c(OCC)cc(C=NNc2nc(CC(=O)OCC)cs2)c(Br)c1Br. The maximum absolute atomic E-state index is 11.5. The fraction of sp³-hybridized carbons (Fsp3) is 0.421. The number of nitrogens with zero attached hydrogens (tertiary/aromatic N) is 2. The van der Waals surface area contributed by atoms with Gasteiger partial charge in [0.15, 0.2) is 11.5 Å². The topological polar surface area (TPSA) is 82.0 Å². The van der Waals surface area contributed by atoms with Gasteiger partial charge in [-0.2, -0.15) is 5.10 Å². The van der Waals surface area contributed by atoms with Crippen molar-refractivity contribution < 1.29 is 19.0 Å². The molecule has 0 aliphatic carbocycles. The minimum atomic E-state index is -0.296.